The fourth-order valence-electron chi connectivity index (χ4n) is 7.48. The number of para-hydroxylation sites is 2. The van der Waals surface area contributed by atoms with Gasteiger partial charge in [0.05, 0.1) is 17.1 Å². The number of nitrogens with zero attached hydrogens (tertiary/aromatic N) is 3. The van der Waals surface area contributed by atoms with Crippen molar-refractivity contribution < 1.29 is 4.42 Å². The van der Waals surface area contributed by atoms with Crippen LogP contribution in [0.25, 0.3) is 100 Å². The number of benzene rings is 7. The summed E-state index contributed by atoms with van der Waals surface area (Å²) in [6.45, 7) is 0. The maximum absolute atomic E-state index is 6.58. The van der Waals surface area contributed by atoms with Gasteiger partial charge in [0.1, 0.15) is 11.2 Å². The van der Waals surface area contributed by atoms with Gasteiger partial charge in [-0.15, -0.1) is 0 Å². The molecule has 3 heterocycles. The zero-order chi connectivity index (χ0) is 36.6. The van der Waals surface area contributed by atoms with Crippen molar-refractivity contribution in [2.75, 3.05) is 0 Å². The van der Waals surface area contributed by atoms with Crippen molar-refractivity contribution in [2.24, 2.45) is 0 Å². The second kappa shape index (κ2) is 13.8. The third-order valence-corrected chi connectivity index (χ3v) is 10.1. The minimum absolute atomic E-state index is 0.654. The highest BCUT2D eigenvalue weighted by Crippen LogP contribution is 2.41. The molecule has 0 fully saturated rings. The van der Waals surface area contributed by atoms with Crippen LogP contribution in [-0.4, -0.2) is 15.0 Å². The van der Waals surface area contributed by atoms with E-state index in [1.807, 2.05) is 60.8 Å². The average molecular weight is 704 g/mol. The number of rotatable bonds is 7. The number of aromatic nitrogens is 3. The lowest BCUT2D eigenvalue weighted by molar-refractivity contribution is 0.670. The molecule has 258 valence electrons. The van der Waals surface area contributed by atoms with E-state index in [0.717, 1.165) is 89.1 Å². The highest BCUT2D eigenvalue weighted by Gasteiger charge is 2.18. The Hall–Kier alpha value is -7.43. The van der Waals surface area contributed by atoms with Crippen molar-refractivity contribution in [3.05, 3.63) is 200 Å². The number of hydrogen-bond donors (Lipinski definition) is 0. The highest BCUT2D eigenvalue weighted by atomic mass is 16.3. The van der Waals surface area contributed by atoms with Gasteiger partial charge in [0.15, 0.2) is 5.82 Å². The van der Waals surface area contributed by atoms with Crippen LogP contribution >= 0.6 is 0 Å². The van der Waals surface area contributed by atoms with Crippen LogP contribution < -0.4 is 0 Å². The molecule has 0 atom stereocenters. The Morgan fingerprint density at radius 1 is 0.327 bits per heavy atom. The third-order valence-electron chi connectivity index (χ3n) is 10.1. The van der Waals surface area contributed by atoms with E-state index in [9.17, 15) is 0 Å². The van der Waals surface area contributed by atoms with Gasteiger partial charge in [0.25, 0.3) is 0 Å². The van der Waals surface area contributed by atoms with Gasteiger partial charge >= 0.3 is 0 Å². The van der Waals surface area contributed by atoms with Crippen molar-refractivity contribution in [3.8, 4) is 78.5 Å². The number of furan rings is 1. The zero-order valence-electron chi connectivity index (χ0n) is 29.8. The number of fused-ring (bicyclic) bond motifs is 3. The molecule has 0 spiro atoms. The lowest BCUT2D eigenvalue weighted by atomic mass is 9.92. The molecule has 0 saturated heterocycles. The summed E-state index contributed by atoms with van der Waals surface area (Å²) in [5.74, 6) is 0.654. The van der Waals surface area contributed by atoms with Gasteiger partial charge in [-0.25, -0.2) is 9.97 Å². The molecule has 0 saturated carbocycles. The smallest absolute Gasteiger partial charge is 0.160 e. The van der Waals surface area contributed by atoms with E-state index in [4.69, 9.17) is 19.4 Å². The van der Waals surface area contributed by atoms with Gasteiger partial charge in [-0.3, -0.25) is 4.98 Å². The second-order valence-electron chi connectivity index (χ2n) is 13.6. The second-order valence-corrected chi connectivity index (χ2v) is 13.6. The first-order chi connectivity index (χ1) is 27.2. The summed E-state index contributed by atoms with van der Waals surface area (Å²) in [5.41, 5.74) is 14.8. The average Bonchev–Trinajstić information content (AvgIpc) is 3.66. The van der Waals surface area contributed by atoms with Crippen LogP contribution in [-0.2, 0) is 0 Å². The van der Waals surface area contributed by atoms with E-state index in [0.29, 0.717) is 5.82 Å². The van der Waals surface area contributed by atoms with Crippen LogP contribution in [0.5, 0.6) is 0 Å². The van der Waals surface area contributed by atoms with Crippen LogP contribution in [0.2, 0.25) is 0 Å². The molecule has 3 aromatic heterocycles. The Labute approximate surface area is 319 Å². The molecule has 0 unspecified atom stereocenters. The molecule has 55 heavy (non-hydrogen) atoms. The molecule has 0 aliphatic rings. The summed E-state index contributed by atoms with van der Waals surface area (Å²) in [5, 5.41) is 2.19. The Morgan fingerprint density at radius 2 is 0.891 bits per heavy atom. The van der Waals surface area contributed by atoms with E-state index in [-0.39, 0.29) is 0 Å². The van der Waals surface area contributed by atoms with Crippen LogP contribution in [0.1, 0.15) is 0 Å². The number of pyridine rings is 1. The summed E-state index contributed by atoms with van der Waals surface area (Å²) in [7, 11) is 0. The number of hydrogen-bond acceptors (Lipinski definition) is 4. The minimum Gasteiger partial charge on any atom is -0.455 e. The third kappa shape index (κ3) is 6.16. The monoisotopic (exact) mass is 703 g/mol. The first-order valence-corrected chi connectivity index (χ1v) is 18.4. The van der Waals surface area contributed by atoms with Crippen LogP contribution in [0, 0.1) is 0 Å². The van der Waals surface area contributed by atoms with Gasteiger partial charge in [-0.2, -0.15) is 0 Å². The van der Waals surface area contributed by atoms with E-state index in [1.165, 1.54) is 5.56 Å². The first-order valence-electron chi connectivity index (χ1n) is 18.4. The quantitative estimate of drug-likeness (QED) is 0.166. The van der Waals surface area contributed by atoms with Crippen molar-refractivity contribution in [1.29, 1.82) is 0 Å². The predicted octanol–water partition coefficient (Wildman–Crippen LogP) is 13.4. The molecule has 0 radical (unpaired) electrons. The van der Waals surface area contributed by atoms with E-state index in [2.05, 4.69) is 140 Å². The summed E-state index contributed by atoms with van der Waals surface area (Å²) in [4.78, 5) is 15.2. The normalized spacial score (nSPS) is 11.3. The SMILES string of the molecule is c1ccc(-c2cccc(-c3cc(-c4cc(-c5ccccc5-c5ccccn5)nc(-c5ccccc5)n4)cc(-c4cccc5c4oc4ccccc45)c3)c2)cc1. The lowest BCUT2D eigenvalue weighted by Crippen LogP contribution is -1.98. The standard InChI is InChI=1S/C51H33N3O/c1-3-15-34(16-4-1)36-19-13-20-37(29-36)38-30-39(41-24-14-25-45-44-23-9-10-27-49(44)55-50(41)45)32-40(31-38)47-33-48(54-51(53-47)35-17-5-2-6-18-35)43-22-8-7-21-42(43)46-26-11-12-28-52-46/h1-33H. The highest BCUT2D eigenvalue weighted by molar-refractivity contribution is 6.10. The van der Waals surface area contributed by atoms with Gasteiger partial charge in [-0.1, -0.05) is 146 Å². The molecule has 0 aliphatic heterocycles. The molecular formula is C51H33N3O. The van der Waals surface area contributed by atoms with Crippen molar-refractivity contribution in [3.63, 3.8) is 0 Å². The molecule has 10 rings (SSSR count). The summed E-state index contributed by atoms with van der Waals surface area (Å²) >= 11 is 0. The Balaban J connectivity index is 1.22. The fourth-order valence-corrected chi connectivity index (χ4v) is 7.48. The lowest BCUT2D eigenvalue weighted by Gasteiger charge is -2.15. The predicted molar refractivity (Wildman–Crippen MR) is 225 cm³/mol. The Kier molecular flexibility index (Phi) is 8.12. The first kappa shape index (κ1) is 32.2. The van der Waals surface area contributed by atoms with E-state index in [1.54, 1.807) is 0 Å². The van der Waals surface area contributed by atoms with Crippen molar-refractivity contribution in [2.45, 2.75) is 0 Å². The molecule has 0 aliphatic carbocycles. The fraction of sp³-hybridized carbons (Fsp3) is 0. The molecule has 4 heteroatoms. The molecule has 7 aromatic carbocycles. The van der Waals surface area contributed by atoms with Crippen LogP contribution in [0.4, 0.5) is 0 Å². The topological polar surface area (TPSA) is 51.8 Å². The van der Waals surface area contributed by atoms with Crippen molar-refractivity contribution in [1.82, 2.24) is 15.0 Å². The zero-order valence-corrected chi connectivity index (χ0v) is 29.8. The molecule has 0 bridgehead atoms. The molecule has 0 amide bonds. The molecular weight excluding hydrogens is 671 g/mol. The van der Waals surface area contributed by atoms with Gasteiger partial charge in [0, 0.05) is 44.8 Å². The van der Waals surface area contributed by atoms with Crippen LogP contribution in [0.3, 0.4) is 0 Å². The molecule has 10 aromatic rings. The largest absolute Gasteiger partial charge is 0.455 e. The maximum Gasteiger partial charge on any atom is 0.160 e. The molecule has 0 N–H and O–H groups in total. The summed E-state index contributed by atoms with van der Waals surface area (Å²) in [6.07, 6.45) is 1.83. The van der Waals surface area contributed by atoms with Crippen LogP contribution in [0.15, 0.2) is 205 Å². The Morgan fingerprint density at radius 3 is 1.69 bits per heavy atom. The minimum atomic E-state index is 0.654. The van der Waals surface area contributed by atoms with Gasteiger partial charge in [0.2, 0.25) is 0 Å². The summed E-state index contributed by atoms with van der Waals surface area (Å²) in [6, 6.07) is 67.3. The maximum atomic E-state index is 6.58. The Bertz CT molecular complexity index is 2970. The summed E-state index contributed by atoms with van der Waals surface area (Å²) < 4.78 is 6.58. The van der Waals surface area contributed by atoms with E-state index < -0.39 is 0 Å². The van der Waals surface area contributed by atoms with Crippen molar-refractivity contribution >= 4 is 21.9 Å². The van der Waals surface area contributed by atoms with Gasteiger partial charge in [-0.05, 0) is 76.3 Å². The molecule has 4 nitrogen and oxygen atoms in total. The van der Waals surface area contributed by atoms with Gasteiger partial charge < -0.3 is 4.42 Å². The van der Waals surface area contributed by atoms with E-state index >= 15 is 0 Å².